The number of nitrogens with zero attached hydrogens (tertiary/aromatic N) is 2. The van der Waals surface area contributed by atoms with Gasteiger partial charge in [0.1, 0.15) is 35.5 Å². The van der Waals surface area contributed by atoms with Crippen LogP contribution in [0.1, 0.15) is 124 Å². The third kappa shape index (κ3) is 13.3. The molecule has 2 aliphatic carbocycles. The number of hydrogen-bond acceptors (Lipinski definition) is 10. The molecule has 2 heterocycles. The molecule has 2 saturated heterocycles. The van der Waals surface area contributed by atoms with E-state index < -0.39 is 35.5 Å². The first-order chi connectivity index (χ1) is 24.1. The molecule has 2 aliphatic heterocycles. The SMILES string of the molecule is CC(C)(C)OC(=O)N1CCC(N)C[C@@H]1C(=O)OC1CCCC1.CC(C)(C)OC(=O)N1CCC(NCc2ccccc2)C[C@@H]1C(=O)OC1CCCC1. The van der Waals surface area contributed by atoms with Crippen molar-refractivity contribution < 1.29 is 38.1 Å². The quantitative estimate of drug-likeness (QED) is 0.246. The predicted octanol–water partition coefficient (Wildman–Crippen LogP) is 6.23. The molecule has 0 aromatic heterocycles. The van der Waals surface area contributed by atoms with Crippen molar-refractivity contribution in [3.05, 3.63) is 35.9 Å². The van der Waals surface area contributed by atoms with Gasteiger partial charge < -0.3 is 30.0 Å². The Morgan fingerprint density at radius 1 is 0.686 bits per heavy atom. The average molecular weight is 715 g/mol. The van der Waals surface area contributed by atoms with Crippen molar-refractivity contribution >= 4 is 24.1 Å². The smallest absolute Gasteiger partial charge is 0.411 e. The number of benzene rings is 1. The van der Waals surface area contributed by atoms with E-state index in [9.17, 15) is 19.2 Å². The van der Waals surface area contributed by atoms with Gasteiger partial charge >= 0.3 is 24.1 Å². The van der Waals surface area contributed by atoms with E-state index in [1.807, 2.05) is 59.7 Å². The van der Waals surface area contributed by atoms with Crippen LogP contribution in [0.3, 0.4) is 0 Å². The third-order valence-corrected chi connectivity index (χ3v) is 9.65. The Bertz CT molecular complexity index is 1280. The fourth-order valence-corrected chi connectivity index (χ4v) is 7.02. The van der Waals surface area contributed by atoms with E-state index in [1.54, 1.807) is 4.90 Å². The molecule has 286 valence electrons. The van der Waals surface area contributed by atoms with Gasteiger partial charge in [0.15, 0.2) is 0 Å². The molecule has 51 heavy (non-hydrogen) atoms. The second-order valence-electron chi connectivity index (χ2n) is 16.4. The van der Waals surface area contributed by atoms with Gasteiger partial charge in [-0.25, -0.2) is 19.2 Å². The van der Waals surface area contributed by atoms with E-state index in [-0.39, 0.29) is 36.2 Å². The Kier molecular flexibility index (Phi) is 14.6. The number of esters is 2. The molecular weight excluding hydrogens is 652 g/mol. The second-order valence-corrected chi connectivity index (χ2v) is 16.4. The van der Waals surface area contributed by atoms with Crippen molar-refractivity contribution in [3.8, 4) is 0 Å². The van der Waals surface area contributed by atoms with Gasteiger partial charge in [0.25, 0.3) is 0 Å². The van der Waals surface area contributed by atoms with E-state index >= 15 is 0 Å². The number of ether oxygens (including phenoxy) is 4. The fraction of sp³-hybridized carbons (Fsp3) is 0.744. The van der Waals surface area contributed by atoms with E-state index in [1.165, 1.54) is 10.5 Å². The first-order valence-electron chi connectivity index (χ1n) is 19.0. The molecule has 12 nitrogen and oxygen atoms in total. The zero-order chi connectivity index (χ0) is 37.2. The highest BCUT2D eigenvalue weighted by atomic mass is 16.6. The topological polar surface area (TPSA) is 150 Å². The standard InChI is InChI=1S/C23H34N2O4.C16H28N2O4/c1-23(2,3)29-22(27)25-14-13-18(24-16-17-9-5-4-6-10-17)15-20(25)21(26)28-19-11-7-8-12-19;1-16(2,3)22-15(20)18-9-8-11(17)10-13(18)14(19)21-12-6-4-5-7-12/h4-6,9-10,18-20,24H,7-8,11-16H2,1-3H3;11-13H,4-10,17H2,1-3H3/t18?,20-;11?,13-/m11/s1. The minimum absolute atomic E-state index is 0.00821. The molecule has 4 fully saturated rings. The van der Waals surface area contributed by atoms with Crippen LogP contribution in [-0.2, 0) is 35.1 Å². The Labute approximate surface area is 304 Å². The number of hydrogen-bond donors (Lipinski definition) is 2. The lowest BCUT2D eigenvalue weighted by molar-refractivity contribution is -0.157. The van der Waals surface area contributed by atoms with E-state index in [0.29, 0.717) is 32.4 Å². The molecule has 1 aromatic rings. The first-order valence-corrected chi connectivity index (χ1v) is 19.0. The summed E-state index contributed by atoms with van der Waals surface area (Å²) in [6.45, 7) is 12.6. The van der Waals surface area contributed by atoms with Crippen LogP contribution in [0.25, 0.3) is 0 Å². The minimum Gasteiger partial charge on any atom is -0.461 e. The van der Waals surface area contributed by atoms with E-state index in [2.05, 4.69) is 17.4 Å². The summed E-state index contributed by atoms with van der Waals surface area (Å²) in [5.74, 6) is -0.637. The summed E-state index contributed by atoms with van der Waals surface area (Å²) in [6.07, 6.45) is 9.55. The lowest BCUT2D eigenvalue weighted by Gasteiger charge is -2.39. The van der Waals surface area contributed by atoms with Crippen LogP contribution in [0.5, 0.6) is 0 Å². The molecule has 1 aromatic carbocycles. The predicted molar refractivity (Wildman–Crippen MR) is 194 cm³/mol. The van der Waals surface area contributed by atoms with Crippen LogP contribution >= 0.6 is 0 Å². The summed E-state index contributed by atoms with van der Waals surface area (Å²) in [5, 5.41) is 3.54. The van der Waals surface area contributed by atoms with Crippen molar-refractivity contribution in [1.29, 1.82) is 0 Å². The molecule has 0 spiro atoms. The zero-order valence-corrected chi connectivity index (χ0v) is 31.7. The van der Waals surface area contributed by atoms with Gasteiger partial charge in [-0.05, 0) is 124 Å². The summed E-state index contributed by atoms with van der Waals surface area (Å²) >= 11 is 0. The number of nitrogens with two attached hydrogens (primary N) is 1. The summed E-state index contributed by atoms with van der Waals surface area (Å²) in [7, 11) is 0. The molecule has 2 amide bonds. The maximum absolute atomic E-state index is 13.0. The van der Waals surface area contributed by atoms with Gasteiger partial charge in [-0.15, -0.1) is 0 Å². The van der Waals surface area contributed by atoms with E-state index in [0.717, 1.165) is 64.3 Å². The average Bonchev–Trinajstić information content (AvgIpc) is 3.77. The highest BCUT2D eigenvalue weighted by Crippen LogP contribution is 2.27. The number of nitrogens with one attached hydrogen (secondary N) is 1. The van der Waals surface area contributed by atoms with Crippen molar-refractivity contribution in [2.24, 2.45) is 5.73 Å². The van der Waals surface area contributed by atoms with Crippen LogP contribution in [0.4, 0.5) is 9.59 Å². The maximum Gasteiger partial charge on any atom is 0.411 e. The van der Waals surface area contributed by atoms with Crippen LogP contribution in [0.2, 0.25) is 0 Å². The van der Waals surface area contributed by atoms with Crippen molar-refractivity contribution in [2.75, 3.05) is 13.1 Å². The molecule has 2 unspecified atom stereocenters. The summed E-state index contributed by atoms with van der Waals surface area (Å²) in [5.41, 5.74) is 5.99. The fourth-order valence-electron chi connectivity index (χ4n) is 7.02. The number of rotatable bonds is 7. The number of likely N-dealkylation sites (tertiary alicyclic amines) is 2. The van der Waals surface area contributed by atoms with Crippen molar-refractivity contribution in [3.63, 3.8) is 0 Å². The van der Waals surface area contributed by atoms with Gasteiger partial charge in [-0.1, -0.05) is 30.3 Å². The molecular formula is C39H62N4O8. The number of carbonyl (C=O) groups is 4. The van der Waals surface area contributed by atoms with Crippen molar-refractivity contribution in [2.45, 2.75) is 173 Å². The van der Waals surface area contributed by atoms with Crippen LogP contribution in [0.15, 0.2) is 30.3 Å². The number of piperidine rings is 2. The summed E-state index contributed by atoms with van der Waals surface area (Å²) in [6, 6.07) is 9.02. The third-order valence-electron chi connectivity index (χ3n) is 9.65. The molecule has 4 aliphatic rings. The number of amides is 2. The van der Waals surface area contributed by atoms with Crippen LogP contribution < -0.4 is 11.1 Å². The van der Waals surface area contributed by atoms with Gasteiger partial charge in [0.05, 0.1) is 0 Å². The largest absolute Gasteiger partial charge is 0.461 e. The normalized spacial score (nSPS) is 24.7. The van der Waals surface area contributed by atoms with Crippen molar-refractivity contribution in [1.82, 2.24) is 15.1 Å². The zero-order valence-electron chi connectivity index (χ0n) is 31.7. The van der Waals surface area contributed by atoms with Crippen LogP contribution in [-0.4, -0.2) is 94.6 Å². The highest BCUT2D eigenvalue weighted by Gasteiger charge is 2.41. The molecule has 2 saturated carbocycles. The molecule has 0 bridgehead atoms. The van der Waals surface area contributed by atoms with Crippen LogP contribution in [0, 0.1) is 0 Å². The highest BCUT2D eigenvalue weighted by molar-refractivity contribution is 5.83. The minimum atomic E-state index is -0.626. The van der Waals surface area contributed by atoms with Gasteiger partial charge in [0, 0.05) is 31.7 Å². The van der Waals surface area contributed by atoms with E-state index in [4.69, 9.17) is 24.7 Å². The molecule has 4 atom stereocenters. The molecule has 5 rings (SSSR count). The Hall–Kier alpha value is -3.38. The summed E-state index contributed by atoms with van der Waals surface area (Å²) in [4.78, 5) is 53.5. The Morgan fingerprint density at radius 2 is 1.14 bits per heavy atom. The van der Waals surface area contributed by atoms with Gasteiger partial charge in [0.2, 0.25) is 0 Å². The first kappa shape index (κ1) is 40.4. The molecule has 3 N–H and O–H groups in total. The summed E-state index contributed by atoms with van der Waals surface area (Å²) < 4.78 is 22.3. The lowest BCUT2D eigenvalue weighted by Crippen LogP contribution is -2.55. The lowest BCUT2D eigenvalue weighted by atomic mass is 9.97. The van der Waals surface area contributed by atoms with Gasteiger partial charge in [-0.3, -0.25) is 9.80 Å². The maximum atomic E-state index is 13.0. The Balaban J connectivity index is 0.000000238. The monoisotopic (exact) mass is 714 g/mol. The molecule has 0 radical (unpaired) electrons. The van der Waals surface area contributed by atoms with Gasteiger partial charge in [-0.2, -0.15) is 0 Å². The Morgan fingerprint density at radius 3 is 1.61 bits per heavy atom. The molecule has 12 heteroatoms. The number of carbonyl (C=O) groups excluding carboxylic acids is 4. The second kappa shape index (κ2) is 18.4.